The molecule has 0 bridgehead atoms. The van der Waals surface area contributed by atoms with Crippen LogP contribution in [0.2, 0.25) is 0 Å². The lowest BCUT2D eigenvalue weighted by molar-refractivity contribution is 0.102. The van der Waals surface area contributed by atoms with E-state index in [2.05, 4.69) is 15.5 Å². The van der Waals surface area contributed by atoms with Crippen LogP contribution in [-0.2, 0) is 0 Å². The van der Waals surface area contributed by atoms with E-state index in [9.17, 15) is 4.79 Å². The van der Waals surface area contributed by atoms with Crippen molar-refractivity contribution in [1.29, 1.82) is 0 Å². The lowest BCUT2D eigenvalue weighted by Gasteiger charge is -2.11. The van der Waals surface area contributed by atoms with Crippen molar-refractivity contribution < 1.29 is 14.3 Å². The normalized spacial score (nSPS) is 10.8. The molecule has 1 heterocycles. The van der Waals surface area contributed by atoms with Gasteiger partial charge in [0.1, 0.15) is 22.5 Å². The number of amides is 1. The van der Waals surface area contributed by atoms with Gasteiger partial charge in [-0.05, 0) is 67.9 Å². The smallest absolute Gasteiger partial charge is 0.259 e. The summed E-state index contributed by atoms with van der Waals surface area (Å²) in [6.07, 6.45) is 0. The molecule has 1 amide bonds. The summed E-state index contributed by atoms with van der Waals surface area (Å²) in [5.41, 5.74) is 4.25. The Bertz CT molecular complexity index is 1200. The molecule has 30 heavy (non-hydrogen) atoms. The summed E-state index contributed by atoms with van der Waals surface area (Å²) in [6.45, 7) is 4.47. The number of anilines is 1. The van der Waals surface area contributed by atoms with Gasteiger partial charge in [-0.1, -0.05) is 12.1 Å². The number of para-hydroxylation sites is 1. The van der Waals surface area contributed by atoms with Gasteiger partial charge >= 0.3 is 0 Å². The fraction of sp³-hybridized carbons (Fsp3) is 0.174. The maximum Gasteiger partial charge on any atom is 0.259 e. The van der Waals surface area contributed by atoms with E-state index in [1.54, 1.807) is 30.1 Å². The number of aromatic nitrogens is 3. The van der Waals surface area contributed by atoms with Crippen molar-refractivity contribution in [3.8, 4) is 17.2 Å². The van der Waals surface area contributed by atoms with Crippen LogP contribution in [0.4, 0.5) is 5.69 Å². The molecular weight excluding hydrogens is 380 g/mol. The minimum Gasteiger partial charge on any atom is -0.496 e. The third kappa shape index (κ3) is 3.82. The van der Waals surface area contributed by atoms with Gasteiger partial charge in [0.05, 0.1) is 25.0 Å². The number of nitrogens with zero attached hydrogens (tertiary/aromatic N) is 3. The molecular formula is C23H22N4O3. The minimum atomic E-state index is -0.242. The van der Waals surface area contributed by atoms with Crippen molar-refractivity contribution in [1.82, 2.24) is 15.0 Å². The standard InChI is InChI=1S/C23H22N4O3/c1-4-30-18-11-9-17(10-12-18)27-25-20-13-8-16(14-21(20)26-27)24-23(28)19-7-5-6-15(2)22(19)29-3/h5-14H,4H2,1-3H3,(H,24,28). The first-order valence-corrected chi connectivity index (χ1v) is 9.64. The molecule has 4 aromatic rings. The van der Waals surface area contributed by atoms with E-state index in [0.29, 0.717) is 29.1 Å². The Balaban J connectivity index is 1.58. The topological polar surface area (TPSA) is 78.3 Å². The number of aryl methyl sites for hydroxylation is 1. The van der Waals surface area contributed by atoms with E-state index >= 15 is 0 Å². The second kappa shape index (κ2) is 8.24. The van der Waals surface area contributed by atoms with E-state index in [4.69, 9.17) is 9.47 Å². The first kappa shape index (κ1) is 19.4. The first-order valence-electron chi connectivity index (χ1n) is 9.64. The van der Waals surface area contributed by atoms with Crippen molar-refractivity contribution in [2.75, 3.05) is 19.0 Å². The van der Waals surface area contributed by atoms with Crippen LogP contribution >= 0.6 is 0 Å². The molecule has 3 aromatic carbocycles. The maximum atomic E-state index is 12.7. The Morgan fingerprint density at radius 1 is 1.03 bits per heavy atom. The zero-order chi connectivity index (χ0) is 21.1. The van der Waals surface area contributed by atoms with E-state index in [-0.39, 0.29) is 5.91 Å². The fourth-order valence-corrected chi connectivity index (χ4v) is 3.25. The average molecular weight is 402 g/mol. The molecule has 7 heteroatoms. The summed E-state index contributed by atoms with van der Waals surface area (Å²) in [5.74, 6) is 1.13. The van der Waals surface area contributed by atoms with Gasteiger partial charge in [-0.2, -0.15) is 4.80 Å². The van der Waals surface area contributed by atoms with E-state index in [1.165, 1.54) is 0 Å². The van der Waals surface area contributed by atoms with E-state index < -0.39 is 0 Å². The third-order valence-electron chi connectivity index (χ3n) is 4.68. The van der Waals surface area contributed by atoms with Crippen LogP contribution < -0.4 is 14.8 Å². The predicted molar refractivity (Wildman–Crippen MR) is 116 cm³/mol. The van der Waals surface area contributed by atoms with Crippen LogP contribution in [0.25, 0.3) is 16.7 Å². The van der Waals surface area contributed by atoms with Crippen LogP contribution in [0.5, 0.6) is 11.5 Å². The lowest BCUT2D eigenvalue weighted by Crippen LogP contribution is -2.13. The number of hydrogen-bond acceptors (Lipinski definition) is 5. The van der Waals surface area contributed by atoms with Crippen LogP contribution in [0.3, 0.4) is 0 Å². The highest BCUT2D eigenvalue weighted by Crippen LogP contribution is 2.25. The monoisotopic (exact) mass is 402 g/mol. The van der Waals surface area contributed by atoms with Gasteiger partial charge in [0.2, 0.25) is 0 Å². The molecule has 0 unspecified atom stereocenters. The Hall–Kier alpha value is -3.87. The number of nitrogens with one attached hydrogen (secondary N) is 1. The molecule has 0 fully saturated rings. The number of benzene rings is 3. The second-order valence-electron chi connectivity index (χ2n) is 6.73. The lowest BCUT2D eigenvalue weighted by atomic mass is 10.1. The van der Waals surface area contributed by atoms with E-state index in [1.807, 2.05) is 56.3 Å². The van der Waals surface area contributed by atoms with Crippen LogP contribution in [-0.4, -0.2) is 34.6 Å². The molecule has 0 atom stereocenters. The van der Waals surface area contributed by atoms with Gasteiger partial charge in [0.25, 0.3) is 5.91 Å². The molecule has 0 saturated heterocycles. The molecule has 7 nitrogen and oxygen atoms in total. The fourth-order valence-electron chi connectivity index (χ4n) is 3.25. The van der Waals surface area contributed by atoms with E-state index in [0.717, 1.165) is 22.5 Å². The molecule has 0 radical (unpaired) electrons. The highest BCUT2D eigenvalue weighted by Gasteiger charge is 2.15. The third-order valence-corrected chi connectivity index (χ3v) is 4.68. The first-order chi connectivity index (χ1) is 14.6. The van der Waals surface area contributed by atoms with Gasteiger partial charge in [0, 0.05) is 5.69 Å². The Morgan fingerprint density at radius 2 is 1.80 bits per heavy atom. The molecule has 0 aliphatic carbocycles. The van der Waals surface area contributed by atoms with Gasteiger partial charge in [0.15, 0.2) is 0 Å². The van der Waals surface area contributed by atoms with Crippen molar-refractivity contribution in [3.05, 3.63) is 71.8 Å². The number of rotatable bonds is 6. The zero-order valence-corrected chi connectivity index (χ0v) is 17.0. The number of carbonyl (C=O) groups excluding carboxylic acids is 1. The Labute approximate surface area is 174 Å². The molecule has 0 spiro atoms. The molecule has 0 saturated carbocycles. The van der Waals surface area contributed by atoms with Crippen molar-refractivity contribution >= 4 is 22.6 Å². The highest BCUT2D eigenvalue weighted by molar-refractivity contribution is 6.07. The number of ether oxygens (including phenoxy) is 2. The zero-order valence-electron chi connectivity index (χ0n) is 17.0. The number of carbonyl (C=O) groups is 1. The summed E-state index contributed by atoms with van der Waals surface area (Å²) in [5, 5.41) is 12.0. The Morgan fingerprint density at radius 3 is 2.53 bits per heavy atom. The largest absolute Gasteiger partial charge is 0.496 e. The minimum absolute atomic E-state index is 0.242. The van der Waals surface area contributed by atoms with Crippen molar-refractivity contribution in [2.24, 2.45) is 0 Å². The summed E-state index contributed by atoms with van der Waals surface area (Å²) in [7, 11) is 1.56. The van der Waals surface area contributed by atoms with Crippen LogP contribution in [0.15, 0.2) is 60.7 Å². The van der Waals surface area contributed by atoms with Gasteiger partial charge in [-0.15, -0.1) is 10.2 Å². The SMILES string of the molecule is CCOc1ccc(-n2nc3ccc(NC(=O)c4cccc(C)c4OC)cc3n2)cc1. The molecule has 0 aliphatic heterocycles. The van der Waals surface area contributed by atoms with Crippen molar-refractivity contribution in [2.45, 2.75) is 13.8 Å². The van der Waals surface area contributed by atoms with Crippen molar-refractivity contribution in [3.63, 3.8) is 0 Å². The number of hydrogen-bond donors (Lipinski definition) is 1. The predicted octanol–water partition coefficient (Wildman–Crippen LogP) is 4.39. The number of fused-ring (bicyclic) bond motifs is 1. The molecule has 152 valence electrons. The summed E-state index contributed by atoms with van der Waals surface area (Å²) < 4.78 is 10.9. The highest BCUT2D eigenvalue weighted by atomic mass is 16.5. The second-order valence-corrected chi connectivity index (χ2v) is 6.73. The summed E-state index contributed by atoms with van der Waals surface area (Å²) >= 11 is 0. The van der Waals surface area contributed by atoms with Gasteiger partial charge in [-0.3, -0.25) is 4.79 Å². The molecule has 1 N–H and O–H groups in total. The average Bonchev–Trinajstić information content (AvgIpc) is 3.17. The molecule has 0 aliphatic rings. The van der Waals surface area contributed by atoms with Crippen LogP contribution in [0.1, 0.15) is 22.8 Å². The summed E-state index contributed by atoms with van der Waals surface area (Å²) in [6, 6.07) is 18.5. The van der Waals surface area contributed by atoms with Gasteiger partial charge in [-0.25, -0.2) is 0 Å². The maximum absolute atomic E-state index is 12.7. The molecule has 1 aromatic heterocycles. The molecule has 4 rings (SSSR count). The number of methoxy groups -OCH3 is 1. The summed E-state index contributed by atoms with van der Waals surface area (Å²) in [4.78, 5) is 14.3. The quantitative estimate of drug-likeness (QED) is 0.518. The van der Waals surface area contributed by atoms with Crippen LogP contribution in [0, 0.1) is 6.92 Å². The van der Waals surface area contributed by atoms with Gasteiger partial charge < -0.3 is 14.8 Å². The Kier molecular flexibility index (Phi) is 5.34.